The maximum absolute atomic E-state index is 12.0. The van der Waals surface area contributed by atoms with E-state index in [-0.39, 0.29) is 5.91 Å². The predicted octanol–water partition coefficient (Wildman–Crippen LogP) is 4.34. The minimum atomic E-state index is 0.00243. The van der Waals surface area contributed by atoms with Crippen molar-refractivity contribution in [1.29, 1.82) is 0 Å². The number of benzene rings is 2. The number of aryl methyl sites for hydroxylation is 2. The number of rotatable bonds is 5. The summed E-state index contributed by atoms with van der Waals surface area (Å²) in [5.74, 6) is 0.826. The maximum atomic E-state index is 12.0. The highest BCUT2D eigenvalue weighted by atomic mass is 79.9. The standard InChI is InChI=1S/C17H18BrNO2/c1-12-11-14(8-9-15(12)18)19-17(20)10-7-13-5-3-4-6-16(13)21-2/h3-6,8-9,11H,7,10H2,1-2H3,(H,19,20). The Hall–Kier alpha value is -1.81. The number of nitrogens with one attached hydrogen (secondary N) is 1. The summed E-state index contributed by atoms with van der Waals surface area (Å²) >= 11 is 3.45. The molecule has 21 heavy (non-hydrogen) atoms. The minimum absolute atomic E-state index is 0.00243. The predicted molar refractivity (Wildman–Crippen MR) is 88.8 cm³/mol. The monoisotopic (exact) mass is 347 g/mol. The Morgan fingerprint density at radius 1 is 1.24 bits per heavy atom. The molecule has 2 rings (SSSR count). The highest BCUT2D eigenvalue weighted by Crippen LogP contribution is 2.21. The van der Waals surface area contributed by atoms with Gasteiger partial charge in [0.05, 0.1) is 7.11 Å². The van der Waals surface area contributed by atoms with E-state index in [0.717, 1.165) is 27.0 Å². The van der Waals surface area contributed by atoms with E-state index in [4.69, 9.17) is 4.74 Å². The molecule has 2 aromatic carbocycles. The van der Waals surface area contributed by atoms with Crippen LogP contribution in [0.4, 0.5) is 5.69 Å². The molecule has 3 nitrogen and oxygen atoms in total. The van der Waals surface area contributed by atoms with E-state index in [1.165, 1.54) is 0 Å². The molecule has 1 amide bonds. The third-order valence-corrected chi connectivity index (χ3v) is 4.15. The van der Waals surface area contributed by atoms with Crippen molar-refractivity contribution in [3.63, 3.8) is 0 Å². The van der Waals surface area contributed by atoms with E-state index in [1.807, 2.05) is 49.4 Å². The number of para-hydroxylation sites is 1. The summed E-state index contributed by atoms with van der Waals surface area (Å²) in [7, 11) is 1.64. The molecule has 0 radical (unpaired) electrons. The lowest BCUT2D eigenvalue weighted by atomic mass is 10.1. The lowest BCUT2D eigenvalue weighted by molar-refractivity contribution is -0.116. The van der Waals surface area contributed by atoms with Gasteiger partial charge >= 0.3 is 0 Å². The second kappa shape index (κ2) is 7.27. The number of hydrogen-bond acceptors (Lipinski definition) is 2. The lowest BCUT2D eigenvalue weighted by Crippen LogP contribution is -2.12. The number of ether oxygens (including phenoxy) is 1. The quantitative estimate of drug-likeness (QED) is 0.873. The molecule has 0 aliphatic rings. The molecule has 0 aliphatic carbocycles. The molecule has 0 spiro atoms. The third-order valence-electron chi connectivity index (χ3n) is 3.26. The first-order valence-corrected chi connectivity index (χ1v) is 7.57. The van der Waals surface area contributed by atoms with E-state index in [2.05, 4.69) is 21.2 Å². The fourth-order valence-corrected chi connectivity index (χ4v) is 2.35. The smallest absolute Gasteiger partial charge is 0.224 e. The van der Waals surface area contributed by atoms with Gasteiger partial charge in [-0.15, -0.1) is 0 Å². The summed E-state index contributed by atoms with van der Waals surface area (Å²) in [5, 5.41) is 2.92. The Morgan fingerprint density at radius 3 is 2.71 bits per heavy atom. The lowest BCUT2D eigenvalue weighted by Gasteiger charge is -2.09. The summed E-state index contributed by atoms with van der Waals surface area (Å²) in [6.45, 7) is 1.99. The Labute approximate surface area is 133 Å². The normalized spacial score (nSPS) is 10.2. The van der Waals surface area contributed by atoms with Crippen molar-refractivity contribution in [2.75, 3.05) is 12.4 Å². The largest absolute Gasteiger partial charge is 0.496 e. The van der Waals surface area contributed by atoms with E-state index < -0.39 is 0 Å². The second-order valence-electron chi connectivity index (χ2n) is 4.82. The summed E-state index contributed by atoms with van der Waals surface area (Å²) in [4.78, 5) is 12.0. The molecule has 0 bridgehead atoms. The molecule has 0 saturated carbocycles. The van der Waals surface area contributed by atoms with Gasteiger partial charge in [-0.2, -0.15) is 0 Å². The van der Waals surface area contributed by atoms with Crippen LogP contribution in [-0.4, -0.2) is 13.0 Å². The number of carbonyl (C=O) groups excluding carboxylic acids is 1. The molecule has 0 saturated heterocycles. The molecule has 2 aromatic rings. The Morgan fingerprint density at radius 2 is 2.00 bits per heavy atom. The molecule has 1 N–H and O–H groups in total. The number of amides is 1. The highest BCUT2D eigenvalue weighted by Gasteiger charge is 2.07. The van der Waals surface area contributed by atoms with Gasteiger partial charge in [0.1, 0.15) is 5.75 Å². The fourth-order valence-electron chi connectivity index (χ4n) is 2.10. The molecule has 0 heterocycles. The van der Waals surface area contributed by atoms with Gasteiger partial charge in [-0.3, -0.25) is 4.79 Å². The van der Waals surface area contributed by atoms with Gasteiger partial charge in [0.15, 0.2) is 0 Å². The number of hydrogen-bond donors (Lipinski definition) is 1. The van der Waals surface area contributed by atoms with Crippen molar-refractivity contribution < 1.29 is 9.53 Å². The van der Waals surface area contributed by atoms with E-state index in [9.17, 15) is 4.79 Å². The summed E-state index contributed by atoms with van der Waals surface area (Å²) < 4.78 is 6.32. The van der Waals surface area contributed by atoms with Gasteiger partial charge in [-0.05, 0) is 48.7 Å². The van der Waals surface area contributed by atoms with Crippen molar-refractivity contribution in [2.24, 2.45) is 0 Å². The first-order valence-electron chi connectivity index (χ1n) is 6.78. The zero-order valence-electron chi connectivity index (χ0n) is 12.2. The number of anilines is 1. The van der Waals surface area contributed by atoms with Crippen LogP contribution in [0.15, 0.2) is 46.9 Å². The van der Waals surface area contributed by atoms with E-state index >= 15 is 0 Å². The van der Waals surface area contributed by atoms with Crippen LogP contribution in [0.5, 0.6) is 5.75 Å². The zero-order chi connectivity index (χ0) is 15.2. The molecular formula is C17H18BrNO2. The van der Waals surface area contributed by atoms with Crippen LogP contribution in [0, 0.1) is 6.92 Å². The fraction of sp³-hybridized carbons (Fsp3) is 0.235. The SMILES string of the molecule is COc1ccccc1CCC(=O)Nc1ccc(Br)c(C)c1. The van der Waals surface area contributed by atoms with Crippen LogP contribution in [0.1, 0.15) is 17.5 Å². The van der Waals surface area contributed by atoms with Crippen LogP contribution < -0.4 is 10.1 Å². The average molecular weight is 348 g/mol. The first-order chi connectivity index (χ1) is 10.1. The maximum Gasteiger partial charge on any atom is 0.224 e. The second-order valence-corrected chi connectivity index (χ2v) is 5.68. The van der Waals surface area contributed by atoms with Gasteiger partial charge < -0.3 is 10.1 Å². The molecule has 0 atom stereocenters. The van der Waals surface area contributed by atoms with Crippen molar-refractivity contribution in [1.82, 2.24) is 0 Å². The molecule has 4 heteroatoms. The highest BCUT2D eigenvalue weighted by molar-refractivity contribution is 9.10. The minimum Gasteiger partial charge on any atom is -0.496 e. The Kier molecular flexibility index (Phi) is 5.39. The number of halogens is 1. The van der Waals surface area contributed by atoms with Crippen molar-refractivity contribution in [3.8, 4) is 5.75 Å². The molecule has 110 valence electrons. The Balaban J connectivity index is 1.94. The van der Waals surface area contributed by atoms with Gasteiger partial charge in [0, 0.05) is 16.6 Å². The number of carbonyl (C=O) groups is 1. The van der Waals surface area contributed by atoms with Crippen molar-refractivity contribution >= 4 is 27.5 Å². The van der Waals surface area contributed by atoms with Crippen molar-refractivity contribution in [2.45, 2.75) is 19.8 Å². The van der Waals surface area contributed by atoms with Crippen LogP contribution in [0.3, 0.4) is 0 Å². The molecule has 0 aliphatic heterocycles. The van der Waals surface area contributed by atoms with Crippen LogP contribution in [-0.2, 0) is 11.2 Å². The van der Waals surface area contributed by atoms with Crippen LogP contribution >= 0.6 is 15.9 Å². The van der Waals surface area contributed by atoms with Crippen LogP contribution in [0.25, 0.3) is 0 Å². The first kappa shape index (κ1) is 15.6. The Bertz CT molecular complexity index is 640. The van der Waals surface area contributed by atoms with E-state index in [0.29, 0.717) is 12.8 Å². The summed E-state index contributed by atoms with van der Waals surface area (Å²) in [6.07, 6.45) is 1.08. The topological polar surface area (TPSA) is 38.3 Å². The van der Waals surface area contributed by atoms with Gasteiger partial charge in [-0.25, -0.2) is 0 Å². The molecule has 0 fully saturated rings. The molecular weight excluding hydrogens is 330 g/mol. The van der Waals surface area contributed by atoms with Gasteiger partial charge in [-0.1, -0.05) is 34.1 Å². The summed E-state index contributed by atoms with van der Waals surface area (Å²) in [5.41, 5.74) is 2.96. The molecule has 0 aromatic heterocycles. The van der Waals surface area contributed by atoms with Crippen molar-refractivity contribution in [3.05, 3.63) is 58.1 Å². The average Bonchev–Trinajstić information content (AvgIpc) is 2.49. The van der Waals surface area contributed by atoms with Gasteiger partial charge in [0.25, 0.3) is 0 Å². The number of methoxy groups -OCH3 is 1. The third kappa shape index (κ3) is 4.33. The summed E-state index contributed by atoms with van der Waals surface area (Å²) in [6, 6.07) is 13.5. The zero-order valence-corrected chi connectivity index (χ0v) is 13.7. The molecule has 0 unspecified atom stereocenters. The van der Waals surface area contributed by atoms with E-state index in [1.54, 1.807) is 7.11 Å². The van der Waals surface area contributed by atoms with Crippen LogP contribution in [0.2, 0.25) is 0 Å². The van der Waals surface area contributed by atoms with Gasteiger partial charge in [0.2, 0.25) is 5.91 Å².